The van der Waals surface area contributed by atoms with Crippen LogP contribution in [0.15, 0.2) is 18.5 Å². The summed E-state index contributed by atoms with van der Waals surface area (Å²) in [6, 6.07) is 1.65. The lowest BCUT2D eigenvalue weighted by Crippen LogP contribution is -2.23. The van der Waals surface area contributed by atoms with Crippen molar-refractivity contribution >= 4 is 0 Å². The van der Waals surface area contributed by atoms with Crippen molar-refractivity contribution in [3.8, 4) is 0 Å². The Morgan fingerprint density at radius 3 is 2.90 bits per heavy atom. The van der Waals surface area contributed by atoms with E-state index in [-0.39, 0.29) is 11.9 Å². The third kappa shape index (κ3) is 5.17. The molecule has 1 N–H and O–H groups in total. The van der Waals surface area contributed by atoms with E-state index in [2.05, 4.69) is 10.3 Å². The van der Waals surface area contributed by atoms with Gasteiger partial charge in [0.15, 0.2) is 0 Å². The molecule has 0 radical (unpaired) electrons. The average molecular weight is 280 g/mol. The molecule has 1 unspecified atom stereocenters. The van der Waals surface area contributed by atoms with Crippen molar-refractivity contribution in [2.24, 2.45) is 0 Å². The van der Waals surface area contributed by atoms with Crippen LogP contribution in [0.4, 0.5) is 4.39 Å². The molecule has 1 fully saturated rings. The number of hydrogen-bond donors (Lipinski definition) is 1. The molecule has 4 heteroatoms. The molecule has 1 aromatic rings. The molecule has 1 heterocycles. The summed E-state index contributed by atoms with van der Waals surface area (Å²) in [5, 5.41) is 3.38. The molecular weight excluding hydrogens is 255 g/mol. The third-order valence-corrected chi connectivity index (χ3v) is 3.90. The second-order valence-corrected chi connectivity index (χ2v) is 5.60. The van der Waals surface area contributed by atoms with Gasteiger partial charge in [0.25, 0.3) is 0 Å². The van der Waals surface area contributed by atoms with E-state index in [9.17, 15) is 4.39 Å². The third-order valence-electron chi connectivity index (χ3n) is 3.90. The SMILES string of the molecule is CC(NCCCOC1CCCCC1)c1cncc(F)c1. The van der Waals surface area contributed by atoms with Gasteiger partial charge in [-0.3, -0.25) is 4.98 Å². The fraction of sp³-hybridized carbons (Fsp3) is 0.688. The predicted molar refractivity (Wildman–Crippen MR) is 78.1 cm³/mol. The van der Waals surface area contributed by atoms with Crippen molar-refractivity contribution in [1.29, 1.82) is 0 Å². The highest BCUT2D eigenvalue weighted by atomic mass is 19.1. The van der Waals surface area contributed by atoms with E-state index in [0.717, 1.165) is 25.1 Å². The van der Waals surface area contributed by atoms with E-state index in [1.165, 1.54) is 44.4 Å². The maximum Gasteiger partial charge on any atom is 0.141 e. The lowest BCUT2D eigenvalue weighted by Gasteiger charge is -2.22. The predicted octanol–water partition coefficient (Wildman–Crippen LogP) is 3.61. The van der Waals surface area contributed by atoms with Gasteiger partial charge >= 0.3 is 0 Å². The zero-order valence-corrected chi connectivity index (χ0v) is 12.3. The maximum absolute atomic E-state index is 13.1. The van der Waals surface area contributed by atoms with Crippen molar-refractivity contribution in [3.63, 3.8) is 0 Å². The van der Waals surface area contributed by atoms with Crippen molar-refractivity contribution in [2.45, 2.75) is 57.6 Å². The summed E-state index contributed by atoms with van der Waals surface area (Å²) in [7, 11) is 0. The molecule has 0 saturated heterocycles. The molecule has 1 aromatic heterocycles. The highest BCUT2D eigenvalue weighted by Crippen LogP contribution is 2.20. The molecular formula is C16H25FN2O. The Morgan fingerprint density at radius 1 is 1.35 bits per heavy atom. The number of ether oxygens (including phenoxy) is 1. The summed E-state index contributed by atoms with van der Waals surface area (Å²) >= 11 is 0. The van der Waals surface area contributed by atoms with Crippen LogP contribution in [0.3, 0.4) is 0 Å². The van der Waals surface area contributed by atoms with Crippen LogP contribution in [0.25, 0.3) is 0 Å². The van der Waals surface area contributed by atoms with Crippen molar-refractivity contribution in [3.05, 3.63) is 29.8 Å². The van der Waals surface area contributed by atoms with E-state index >= 15 is 0 Å². The zero-order chi connectivity index (χ0) is 14.2. The van der Waals surface area contributed by atoms with Gasteiger partial charge in [0.1, 0.15) is 5.82 Å². The first kappa shape index (κ1) is 15.4. The highest BCUT2D eigenvalue weighted by molar-refractivity contribution is 5.14. The molecule has 112 valence electrons. The first-order chi connectivity index (χ1) is 9.75. The van der Waals surface area contributed by atoms with Crippen LogP contribution in [0, 0.1) is 5.82 Å². The Bertz CT molecular complexity index is 394. The quantitative estimate of drug-likeness (QED) is 0.775. The fourth-order valence-corrected chi connectivity index (χ4v) is 2.66. The Hall–Kier alpha value is -1.00. The molecule has 0 amide bonds. The molecule has 1 saturated carbocycles. The lowest BCUT2D eigenvalue weighted by molar-refractivity contribution is 0.0271. The van der Waals surface area contributed by atoms with Crippen LogP contribution in [0.5, 0.6) is 0 Å². The first-order valence-electron chi connectivity index (χ1n) is 7.71. The number of nitrogens with zero attached hydrogens (tertiary/aromatic N) is 1. The van der Waals surface area contributed by atoms with Crippen LogP contribution in [0.2, 0.25) is 0 Å². The molecule has 0 aromatic carbocycles. The molecule has 3 nitrogen and oxygen atoms in total. The minimum absolute atomic E-state index is 0.118. The normalized spacial score (nSPS) is 18.1. The van der Waals surface area contributed by atoms with Gasteiger partial charge in [-0.1, -0.05) is 19.3 Å². The van der Waals surface area contributed by atoms with E-state index < -0.39 is 0 Å². The van der Waals surface area contributed by atoms with E-state index in [0.29, 0.717) is 6.10 Å². The van der Waals surface area contributed by atoms with E-state index in [4.69, 9.17) is 4.74 Å². The van der Waals surface area contributed by atoms with Gasteiger partial charge in [-0.25, -0.2) is 4.39 Å². The Kier molecular flexibility index (Phi) is 6.40. The molecule has 20 heavy (non-hydrogen) atoms. The van der Waals surface area contributed by atoms with Crippen LogP contribution in [0.1, 0.15) is 57.1 Å². The zero-order valence-electron chi connectivity index (χ0n) is 12.3. The minimum Gasteiger partial charge on any atom is -0.378 e. The number of nitrogens with one attached hydrogen (secondary N) is 1. The standard InChI is InChI=1S/C16H25FN2O/c1-13(14-10-15(17)12-18-11-14)19-8-5-9-20-16-6-3-2-4-7-16/h10-13,16,19H,2-9H2,1H3. The van der Waals surface area contributed by atoms with E-state index in [1.807, 2.05) is 6.92 Å². The van der Waals surface area contributed by atoms with Crippen molar-refractivity contribution in [1.82, 2.24) is 10.3 Å². The number of hydrogen-bond acceptors (Lipinski definition) is 3. The van der Waals surface area contributed by atoms with Crippen molar-refractivity contribution < 1.29 is 9.13 Å². The summed E-state index contributed by atoms with van der Waals surface area (Å²) in [6.45, 7) is 3.72. The van der Waals surface area contributed by atoms with E-state index in [1.54, 1.807) is 6.20 Å². The second-order valence-electron chi connectivity index (χ2n) is 5.60. The topological polar surface area (TPSA) is 34.1 Å². The average Bonchev–Trinajstić information content (AvgIpc) is 2.48. The molecule has 0 spiro atoms. The van der Waals surface area contributed by atoms with Crippen LogP contribution in [-0.4, -0.2) is 24.2 Å². The first-order valence-corrected chi connectivity index (χ1v) is 7.71. The summed E-state index contributed by atoms with van der Waals surface area (Å²) in [4.78, 5) is 3.87. The summed E-state index contributed by atoms with van der Waals surface area (Å²) in [5.74, 6) is -0.281. The lowest BCUT2D eigenvalue weighted by atomic mass is 9.98. The Balaban J connectivity index is 1.58. The Morgan fingerprint density at radius 2 is 2.15 bits per heavy atom. The van der Waals surface area contributed by atoms with Gasteiger partial charge in [0.2, 0.25) is 0 Å². The van der Waals surface area contributed by atoms with Crippen LogP contribution in [-0.2, 0) is 4.74 Å². The monoisotopic (exact) mass is 280 g/mol. The van der Waals surface area contributed by atoms with Crippen LogP contribution < -0.4 is 5.32 Å². The minimum atomic E-state index is -0.281. The van der Waals surface area contributed by atoms with Gasteiger partial charge in [0.05, 0.1) is 12.3 Å². The van der Waals surface area contributed by atoms with Crippen LogP contribution >= 0.6 is 0 Å². The summed E-state index contributed by atoms with van der Waals surface area (Å²) < 4.78 is 18.9. The number of aromatic nitrogens is 1. The number of halogens is 1. The summed E-state index contributed by atoms with van der Waals surface area (Å²) in [6.07, 6.45) is 10.8. The fourth-order valence-electron chi connectivity index (χ4n) is 2.66. The summed E-state index contributed by atoms with van der Waals surface area (Å²) in [5.41, 5.74) is 0.887. The van der Waals surface area contributed by atoms with Gasteiger partial charge in [-0.05, 0) is 44.4 Å². The highest BCUT2D eigenvalue weighted by Gasteiger charge is 2.13. The smallest absolute Gasteiger partial charge is 0.141 e. The van der Waals surface area contributed by atoms with Gasteiger partial charge in [-0.2, -0.15) is 0 Å². The molecule has 1 aliphatic carbocycles. The molecule has 1 aliphatic rings. The van der Waals surface area contributed by atoms with Gasteiger partial charge < -0.3 is 10.1 Å². The largest absolute Gasteiger partial charge is 0.378 e. The van der Waals surface area contributed by atoms with Gasteiger partial charge in [0, 0.05) is 18.8 Å². The number of rotatable bonds is 7. The molecule has 1 atom stereocenters. The molecule has 2 rings (SSSR count). The maximum atomic E-state index is 13.1. The molecule has 0 aliphatic heterocycles. The second kappa shape index (κ2) is 8.32. The Labute approximate surface area is 120 Å². The van der Waals surface area contributed by atoms with Gasteiger partial charge in [-0.15, -0.1) is 0 Å². The number of pyridine rings is 1. The van der Waals surface area contributed by atoms with Crippen molar-refractivity contribution in [2.75, 3.05) is 13.2 Å². The molecule has 0 bridgehead atoms.